The summed E-state index contributed by atoms with van der Waals surface area (Å²) in [5.41, 5.74) is 3.04. The Morgan fingerprint density at radius 1 is 0.522 bits per heavy atom. The van der Waals surface area contributed by atoms with Crippen LogP contribution in [0.4, 0.5) is 0 Å². The third kappa shape index (κ3) is 6.98. The Balaban J connectivity index is 0.990. The van der Waals surface area contributed by atoms with Crippen LogP contribution in [0.15, 0.2) is 97.1 Å². The van der Waals surface area contributed by atoms with Crippen LogP contribution >= 0.6 is 0 Å². The third-order valence-corrected chi connectivity index (χ3v) is 7.70. The van der Waals surface area contributed by atoms with Gasteiger partial charge >= 0.3 is 23.9 Å². The molecular formula is C36H30O10. The summed E-state index contributed by atoms with van der Waals surface area (Å²) in [4.78, 5) is 50.7. The molecule has 2 saturated heterocycles. The van der Waals surface area contributed by atoms with Crippen molar-refractivity contribution in [1.82, 2.24) is 0 Å². The minimum absolute atomic E-state index is 0.0320. The first-order valence-corrected chi connectivity index (χ1v) is 14.7. The first kappa shape index (κ1) is 30.7. The van der Waals surface area contributed by atoms with Gasteiger partial charge in [-0.1, -0.05) is 35.4 Å². The molecule has 10 nitrogen and oxygen atoms in total. The zero-order valence-electron chi connectivity index (χ0n) is 25.0. The van der Waals surface area contributed by atoms with Gasteiger partial charge in [-0.3, -0.25) is 4.79 Å². The molecule has 46 heavy (non-hydrogen) atoms. The van der Waals surface area contributed by atoms with E-state index in [2.05, 4.69) is 0 Å². The van der Waals surface area contributed by atoms with E-state index >= 15 is 0 Å². The van der Waals surface area contributed by atoms with Gasteiger partial charge in [0.05, 0.1) is 29.9 Å². The molecule has 0 spiro atoms. The van der Waals surface area contributed by atoms with Gasteiger partial charge in [0.15, 0.2) is 6.10 Å². The molecule has 0 aromatic heterocycles. The first-order chi connectivity index (χ1) is 22.2. The van der Waals surface area contributed by atoms with E-state index in [1.54, 1.807) is 24.3 Å². The van der Waals surface area contributed by atoms with E-state index in [1.165, 1.54) is 48.5 Å². The van der Waals surface area contributed by atoms with E-state index in [-0.39, 0.29) is 30.3 Å². The molecule has 0 N–H and O–H groups in total. The molecule has 4 aromatic rings. The van der Waals surface area contributed by atoms with Gasteiger partial charge in [0.2, 0.25) is 0 Å². The van der Waals surface area contributed by atoms with E-state index in [1.807, 2.05) is 38.1 Å². The average molecular weight is 623 g/mol. The zero-order valence-corrected chi connectivity index (χ0v) is 25.0. The third-order valence-electron chi connectivity index (χ3n) is 7.70. The fraction of sp³-hybridized carbons (Fsp3) is 0.222. The molecule has 0 unspecified atom stereocenters. The molecular weight excluding hydrogens is 592 g/mol. The number of aryl methyl sites for hydroxylation is 2. The topological polar surface area (TPSA) is 124 Å². The highest BCUT2D eigenvalue weighted by molar-refractivity contribution is 5.92. The van der Waals surface area contributed by atoms with Crippen molar-refractivity contribution in [3.05, 3.63) is 125 Å². The number of hydrogen-bond acceptors (Lipinski definition) is 10. The van der Waals surface area contributed by atoms with Gasteiger partial charge in [0.1, 0.15) is 35.4 Å². The summed E-state index contributed by atoms with van der Waals surface area (Å²) in [5.74, 6) is -2.00. The zero-order chi connectivity index (χ0) is 32.2. The van der Waals surface area contributed by atoms with Crippen LogP contribution in [0.25, 0.3) is 0 Å². The summed E-state index contributed by atoms with van der Waals surface area (Å²) in [6, 6.07) is 26.1. The van der Waals surface area contributed by atoms with Crippen molar-refractivity contribution in [3.63, 3.8) is 0 Å². The van der Waals surface area contributed by atoms with Crippen molar-refractivity contribution in [1.29, 1.82) is 0 Å². The van der Waals surface area contributed by atoms with Crippen molar-refractivity contribution in [2.24, 2.45) is 5.92 Å². The van der Waals surface area contributed by atoms with Crippen LogP contribution in [-0.2, 0) is 19.0 Å². The normalized spacial score (nSPS) is 20.0. The lowest BCUT2D eigenvalue weighted by Crippen LogP contribution is -2.35. The van der Waals surface area contributed by atoms with E-state index in [9.17, 15) is 19.2 Å². The molecule has 0 aliphatic carbocycles. The maximum atomic E-state index is 13.0. The summed E-state index contributed by atoms with van der Waals surface area (Å²) in [6.45, 7) is 3.94. The fourth-order valence-corrected chi connectivity index (χ4v) is 5.11. The SMILES string of the molecule is Cc1ccc(OC(=O)c2ccc(OC(=O)[C@H]3CO[C@H]4[C@@H]3OC[C@H]4OC(=O)c3ccc(OC(=O)c4ccc(C)cc4)cc3)cc2)cc1. The van der Waals surface area contributed by atoms with Crippen LogP contribution in [0.3, 0.4) is 0 Å². The second-order valence-corrected chi connectivity index (χ2v) is 11.1. The van der Waals surface area contributed by atoms with Crippen LogP contribution in [0.2, 0.25) is 0 Å². The lowest BCUT2D eigenvalue weighted by Gasteiger charge is -2.17. The fourth-order valence-electron chi connectivity index (χ4n) is 5.11. The number of esters is 4. The second-order valence-electron chi connectivity index (χ2n) is 11.1. The smallest absolute Gasteiger partial charge is 0.343 e. The highest BCUT2D eigenvalue weighted by atomic mass is 16.6. The summed E-state index contributed by atoms with van der Waals surface area (Å²) in [5, 5.41) is 0. The van der Waals surface area contributed by atoms with Crippen LogP contribution in [-0.4, -0.2) is 55.4 Å². The lowest BCUT2D eigenvalue weighted by molar-refractivity contribution is -0.142. The largest absolute Gasteiger partial charge is 0.453 e. The predicted molar refractivity (Wildman–Crippen MR) is 163 cm³/mol. The summed E-state index contributed by atoms with van der Waals surface area (Å²) < 4.78 is 33.6. The van der Waals surface area contributed by atoms with Crippen molar-refractivity contribution < 1.29 is 47.6 Å². The quantitative estimate of drug-likeness (QED) is 0.189. The number of carbonyl (C=O) groups excluding carboxylic acids is 4. The number of hydrogen-bond donors (Lipinski definition) is 0. The Hall–Kier alpha value is -5.32. The molecule has 6 rings (SSSR count). The molecule has 4 aromatic carbocycles. The van der Waals surface area contributed by atoms with E-state index in [0.717, 1.165) is 11.1 Å². The Morgan fingerprint density at radius 2 is 0.935 bits per heavy atom. The molecule has 2 aliphatic rings. The second kappa shape index (κ2) is 13.4. The lowest BCUT2D eigenvalue weighted by atomic mass is 10.0. The number of fused-ring (bicyclic) bond motifs is 1. The van der Waals surface area contributed by atoms with E-state index < -0.39 is 48.1 Å². The van der Waals surface area contributed by atoms with Crippen LogP contribution in [0.5, 0.6) is 17.2 Å². The van der Waals surface area contributed by atoms with Gasteiger partial charge in [-0.25, -0.2) is 14.4 Å². The van der Waals surface area contributed by atoms with Crippen LogP contribution < -0.4 is 14.2 Å². The summed E-state index contributed by atoms with van der Waals surface area (Å²) >= 11 is 0. The molecule has 0 bridgehead atoms. The molecule has 0 saturated carbocycles. The van der Waals surface area contributed by atoms with Crippen molar-refractivity contribution in [3.8, 4) is 17.2 Å². The molecule has 4 atom stereocenters. The Kier molecular flexibility index (Phi) is 8.91. The maximum Gasteiger partial charge on any atom is 0.343 e. The minimum Gasteiger partial charge on any atom is -0.453 e. The van der Waals surface area contributed by atoms with Gasteiger partial charge in [-0.2, -0.15) is 0 Å². The predicted octanol–water partition coefficient (Wildman–Crippen LogP) is 5.29. The molecule has 2 heterocycles. The monoisotopic (exact) mass is 622 g/mol. The Morgan fingerprint density at radius 3 is 1.48 bits per heavy atom. The van der Waals surface area contributed by atoms with Gasteiger partial charge in [0, 0.05) is 0 Å². The summed E-state index contributed by atoms with van der Waals surface area (Å²) in [6.07, 6.45) is -2.03. The molecule has 2 aliphatic heterocycles. The van der Waals surface area contributed by atoms with Gasteiger partial charge in [-0.05, 0) is 86.6 Å². The van der Waals surface area contributed by atoms with Crippen LogP contribution in [0, 0.1) is 19.8 Å². The standard InChI is InChI=1S/C36H30O10/c1-21-3-7-23(8-4-21)33(37)44-27-15-11-25(12-16-27)35(39)46-30-20-42-31-29(19-41-32(30)31)36(40)45-28-17-9-24(10-18-28)34(38)43-26-13-5-22(2)6-14-26/h3-18,29-32H,19-20H2,1-2H3/t29-,30+,31+,32+/m0/s1. The Labute approximate surface area is 264 Å². The summed E-state index contributed by atoms with van der Waals surface area (Å²) in [7, 11) is 0. The highest BCUT2D eigenvalue weighted by Gasteiger charge is 2.52. The molecule has 0 amide bonds. The van der Waals surface area contributed by atoms with E-state index in [0.29, 0.717) is 16.9 Å². The first-order valence-electron chi connectivity index (χ1n) is 14.7. The van der Waals surface area contributed by atoms with Crippen molar-refractivity contribution in [2.45, 2.75) is 32.2 Å². The van der Waals surface area contributed by atoms with Gasteiger partial charge in [-0.15, -0.1) is 0 Å². The molecule has 0 radical (unpaired) electrons. The number of carbonyl (C=O) groups is 4. The molecule has 10 heteroatoms. The number of rotatable bonds is 8. The molecule has 234 valence electrons. The minimum atomic E-state index is -0.734. The average Bonchev–Trinajstić information content (AvgIpc) is 3.66. The highest BCUT2D eigenvalue weighted by Crippen LogP contribution is 2.34. The van der Waals surface area contributed by atoms with Gasteiger partial charge in [0.25, 0.3) is 0 Å². The number of ether oxygens (including phenoxy) is 6. The van der Waals surface area contributed by atoms with Crippen LogP contribution in [0.1, 0.15) is 42.2 Å². The van der Waals surface area contributed by atoms with Crippen molar-refractivity contribution in [2.75, 3.05) is 13.2 Å². The van der Waals surface area contributed by atoms with Gasteiger partial charge < -0.3 is 28.4 Å². The number of benzene rings is 4. The Bertz CT molecular complexity index is 1730. The van der Waals surface area contributed by atoms with E-state index in [4.69, 9.17) is 28.4 Å². The molecule has 2 fully saturated rings. The van der Waals surface area contributed by atoms with Crippen molar-refractivity contribution >= 4 is 23.9 Å². The maximum absolute atomic E-state index is 13.0.